The number of hydrogen-bond donors (Lipinski definition) is 0. The fraction of sp³-hybridized carbons (Fsp3) is 0.333. The second kappa shape index (κ2) is 4.23. The number of ether oxygens (including phenoxy) is 1. The molecule has 70 valence electrons. The molecule has 0 saturated carbocycles. The van der Waals surface area contributed by atoms with Crippen molar-refractivity contribution in [2.24, 2.45) is 0 Å². The summed E-state index contributed by atoms with van der Waals surface area (Å²) in [6.45, 7) is -0.455. The second-order valence-electron chi connectivity index (χ2n) is 2.27. The smallest absolute Gasteiger partial charge is 0.341 e. The molecule has 0 aliphatic rings. The van der Waals surface area contributed by atoms with Gasteiger partial charge < -0.3 is 4.74 Å². The van der Waals surface area contributed by atoms with E-state index < -0.39 is 12.8 Å². The SMILES string of the molecule is [2H]C([2H])([2H])c1cc(Cl)c(C(=O)OCC)cn1. The molecule has 0 spiro atoms. The molecular formula is C9H10ClNO2. The largest absolute Gasteiger partial charge is 0.462 e. The van der Waals surface area contributed by atoms with Gasteiger partial charge in [-0.2, -0.15) is 0 Å². The van der Waals surface area contributed by atoms with Gasteiger partial charge in [-0.15, -0.1) is 0 Å². The molecule has 0 radical (unpaired) electrons. The number of aryl methyl sites for hydroxylation is 1. The minimum absolute atomic E-state index is 0.0274. The van der Waals surface area contributed by atoms with Crippen LogP contribution in [0.5, 0.6) is 0 Å². The Balaban J connectivity index is 3.05. The highest BCUT2D eigenvalue weighted by Gasteiger charge is 2.11. The molecular weight excluding hydrogens is 190 g/mol. The van der Waals surface area contributed by atoms with E-state index in [1.165, 1.54) is 0 Å². The van der Waals surface area contributed by atoms with Crippen LogP contribution >= 0.6 is 11.6 Å². The fourth-order valence-electron chi connectivity index (χ4n) is 0.790. The molecule has 0 aliphatic heterocycles. The van der Waals surface area contributed by atoms with E-state index in [2.05, 4.69) is 4.98 Å². The van der Waals surface area contributed by atoms with Gasteiger partial charge in [0, 0.05) is 16.0 Å². The molecule has 0 aliphatic carbocycles. The van der Waals surface area contributed by atoms with Gasteiger partial charge >= 0.3 is 5.97 Å². The maximum Gasteiger partial charge on any atom is 0.341 e. The lowest BCUT2D eigenvalue weighted by molar-refractivity contribution is 0.0526. The first-order valence-corrected chi connectivity index (χ1v) is 4.07. The van der Waals surface area contributed by atoms with E-state index in [-0.39, 0.29) is 22.9 Å². The molecule has 1 aromatic heterocycles. The van der Waals surface area contributed by atoms with E-state index in [1.807, 2.05) is 0 Å². The normalized spacial score (nSPS) is 14.2. The van der Waals surface area contributed by atoms with Crippen molar-refractivity contribution in [1.82, 2.24) is 4.98 Å². The summed E-state index contributed by atoms with van der Waals surface area (Å²) >= 11 is 5.78. The van der Waals surface area contributed by atoms with E-state index in [0.717, 1.165) is 12.3 Å². The topological polar surface area (TPSA) is 39.2 Å². The zero-order chi connectivity index (χ0) is 12.3. The van der Waals surface area contributed by atoms with E-state index in [1.54, 1.807) is 6.92 Å². The predicted molar refractivity (Wildman–Crippen MR) is 49.9 cm³/mol. The minimum Gasteiger partial charge on any atom is -0.462 e. The standard InChI is InChI=1S/C9H10ClNO2/c1-3-13-9(12)7-5-11-6(2)4-8(7)10/h4-5H,3H2,1-2H3/i2D3. The maximum absolute atomic E-state index is 11.3. The highest BCUT2D eigenvalue weighted by atomic mass is 35.5. The maximum atomic E-state index is 11.3. The van der Waals surface area contributed by atoms with Crippen LogP contribution in [-0.4, -0.2) is 17.6 Å². The summed E-state index contributed by atoms with van der Waals surface area (Å²) in [5.74, 6) is -0.614. The number of esters is 1. The molecule has 1 rings (SSSR count). The van der Waals surface area contributed by atoms with Crippen molar-refractivity contribution in [3.05, 3.63) is 28.5 Å². The molecule has 4 heteroatoms. The van der Waals surface area contributed by atoms with Crippen LogP contribution in [-0.2, 0) is 4.74 Å². The van der Waals surface area contributed by atoms with Crippen LogP contribution in [0.4, 0.5) is 0 Å². The lowest BCUT2D eigenvalue weighted by atomic mass is 10.2. The van der Waals surface area contributed by atoms with Gasteiger partial charge in [0.25, 0.3) is 0 Å². The Labute approximate surface area is 85.9 Å². The van der Waals surface area contributed by atoms with Crippen molar-refractivity contribution in [1.29, 1.82) is 0 Å². The average Bonchev–Trinajstić information content (AvgIpc) is 2.16. The van der Waals surface area contributed by atoms with Gasteiger partial charge in [0.2, 0.25) is 0 Å². The Morgan fingerprint density at radius 3 is 3.15 bits per heavy atom. The predicted octanol–water partition coefficient (Wildman–Crippen LogP) is 2.22. The summed E-state index contributed by atoms with van der Waals surface area (Å²) in [5.41, 5.74) is -0.0814. The molecule has 3 nitrogen and oxygen atoms in total. The third-order valence-corrected chi connectivity index (χ3v) is 1.66. The first-order chi connectivity index (χ1) is 7.36. The van der Waals surface area contributed by atoms with Gasteiger partial charge in [-0.05, 0) is 19.8 Å². The van der Waals surface area contributed by atoms with E-state index in [4.69, 9.17) is 20.5 Å². The van der Waals surface area contributed by atoms with Crippen molar-refractivity contribution in [3.63, 3.8) is 0 Å². The first kappa shape index (κ1) is 6.38. The van der Waals surface area contributed by atoms with Crippen molar-refractivity contribution in [2.75, 3.05) is 6.61 Å². The van der Waals surface area contributed by atoms with Crippen molar-refractivity contribution < 1.29 is 13.6 Å². The summed E-state index contributed by atoms with van der Waals surface area (Å²) < 4.78 is 26.1. The number of hydrogen-bond acceptors (Lipinski definition) is 3. The zero-order valence-electron chi connectivity index (χ0n) is 10.0. The van der Waals surface area contributed by atoms with Crippen LogP contribution < -0.4 is 0 Å². The summed E-state index contributed by atoms with van der Waals surface area (Å²) in [7, 11) is 0. The molecule has 0 unspecified atom stereocenters. The van der Waals surface area contributed by atoms with E-state index in [0.29, 0.717) is 0 Å². The number of carbonyl (C=O) groups excluding carboxylic acids is 1. The molecule has 0 saturated heterocycles. The number of carbonyl (C=O) groups is 1. The van der Waals surface area contributed by atoms with Crippen LogP contribution in [0.2, 0.25) is 5.02 Å². The molecule has 0 N–H and O–H groups in total. The molecule has 0 bridgehead atoms. The molecule has 0 amide bonds. The molecule has 0 fully saturated rings. The minimum atomic E-state index is -2.34. The highest BCUT2D eigenvalue weighted by molar-refractivity contribution is 6.33. The zero-order valence-corrected chi connectivity index (χ0v) is 7.76. The van der Waals surface area contributed by atoms with Gasteiger partial charge in [-0.25, -0.2) is 4.79 Å². The fourth-order valence-corrected chi connectivity index (χ4v) is 1.02. The van der Waals surface area contributed by atoms with Gasteiger partial charge in [0.05, 0.1) is 17.2 Å². The molecule has 13 heavy (non-hydrogen) atoms. The Kier molecular flexibility index (Phi) is 2.08. The molecule has 0 aromatic carbocycles. The van der Waals surface area contributed by atoms with Crippen LogP contribution in [0.1, 0.15) is 27.1 Å². The van der Waals surface area contributed by atoms with E-state index in [9.17, 15) is 4.79 Å². The van der Waals surface area contributed by atoms with Gasteiger partial charge in [0.15, 0.2) is 0 Å². The third-order valence-electron chi connectivity index (χ3n) is 1.35. The molecule has 1 aromatic rings. The Hall–Kier alpha value is -1.09. The lowest BCUT2D eigenvalue weighted by Gasteiger charge is -2.03. The molecule has 1 heterocycles. The first-order valence-electron chi connectivity index (χ1n) is 5.19. The summed E-state index contributed by atoms with van der Waals surface area (Å²) in [6.07, 6.45) is 1.11. The van der Waals surface area contributed by atoms with Gasteiger partial charge in [-0.1, -0.05) is 11.6 Å². The number of halogens is 1. The molecule has 0 atom stereocenters. The number of aromatic nitrogens is 1. The Morgan fingerprint density at radius 2 is 2.62 bits per heavy atom. The van der Waals surface area contributed by atoms with Crippen LogP contribution in [0.3, 0.4) is 0 Å². The second-order valence-corrected chi connectivity index (χ2v) is 2.68. The quantitative estimate of drug-likeness (QED) is 0.691. The number of rotatable bonds is 2. The summed E-state index contributed by atoms with van der Waals surface area (Å²) in [5, 5.41) is 0.0274. The van der Waals surface area contributed by atoms with Gasteiger partial charge in [0.1, 0.15) is 0 Å². The Bertz CT molecular complexity index is 406. The summed E-state index contributed by atoms with van der Waals surface area (Å²) in [4.78, 5) is 15.0. The van der Waals surface area contributed by atoms with Crippen molar-refractivity contribution in [2.45, 2.75) is 13.8 Å². The van der Waals surface area contributed by atoms with Gasteiger partial charge in [-0.3, -0.25) is 4.98 Å². The lowest BCUT2D eigenvalue weighted by Crippen LogP contribution is -2.06. The Morgan fingerprint density at radius 1 is 1.85 bits per heavy atom. The van der Waals surface area contributed by atoms with Crippen LogP contribution in [0.15, 0.2) is 12.3 Å². The van der Waals surface area contributed by atoms with Crippen molar-refractivity contribution in [3.8, 4) is 0 Å². The highest BCUT2D eigenvalue weighted by Crippen LogP contribution is 2.16. The average molecular weight is 203 g/mol. The third kappa shape index (κ3) is 2.42. The van der Waals surface area contributed by atoms with Crippen molar-refractivity contribution >= 4 is 17.6 Å². The monoisotopic (exact) mass is 202 g/mol. The van der Waals surface area contributed by atoms with Crippen LogP contribution in [0.25, 0.3) is 0 Å². The van der Waals surface area contributed by atoms with E-state index >= 15 is 0 Å². The van der Waals surface area contributed by atoms with Crippen LogP contribution in [0, 0.1) is 6.85 Å². The summed E-state index contributed by atoms with van der Waals surface area (Å²) in [6, 6.07) is 1.15. The number of pyridine rings is 1. The number of nitrogens with zero attached hydrogens (tertiary/aromatic N) is 1.